The van der Waals surface area contributed by atoms with Gasteiger partial charge in [-0.1, -0.05) is 12.1 Å². The Kier molecular flexibility index (Phi) is 2.54. The molecule has 1 aliphatic rings. The molecule has 2 aromatic heterocycles. The van der Waals surface area contributed by atoms with E-state index >= 15 is 0 Å². The summed E-state index contributed by atoms with van der Waals surface area (Å²) in [6.07, 6.45) is 4.92. The highest BCUT2D eigenvalue weighted by Crippen LogP contribution is 2.42. The lowest BCUT2D eigenvalue weighted by Crippen LogP contribution is -2.12. The summed E-state index contributed by atoms with van der Waals surface area (Å²) in [5.41, 5.74) is 2.18. The van der Waals surface area contributed by atoms with E-state index in [2.05, 4.69) is 4.98 Å². The molecule has 104 valence electrons. The Morgan fingerprint density at radius 2 is 2.24 bits per heavy atom. The van der Waals surface area contributed by atoms with Gasteiger partial charge in [-0.3, -0.25) is 4.79 Å². The summed E-state index contributed by atoms with van der Waals surface area (Å²) in [7, 11) is 0. The number of fused-ring (bicyclic) bond motifs is 3. The number of hydrogen-bond donors (Lipinski definition) is 0. The van der Waals surface area contributed by atoms with Gasteiger partial charge in [0.05, 0.1) is 30.5 Å². The third kappa shape index (κ3) is 1.74. The summed E-state index contributed by atoms with van der Waals surface area (Å²) >= 11 is 0. The minimum absolute atomic E-state index is 0.144. The van der Waals surface area contributed by atoms with Crippen molar-refractivity contribution < 1.29 is 13.6 Å². The number of furan rings is 1. The lowest BCUT2D eigenvalue weighted by molar-refractivity contribution is 0.0943. The fourth-order valence-corrected chi connectivity index (χ4v) is 2.91. The molecule has 0 aliphatic carbocycles. The van der Waals surface area contributed by atoms with Gasteiger partial charge in [0, 0.05) is 17.5 Å². The maximum atomic E-state index is 14.2. The van der Waals surface area contributed by atoms with Gasteiger partial charge in [0.15, 0.2) is 11.5 Å². The Hall–Kier alpha value is -2.69. The molecular weight excluding hydrogens is 271 g/mol. The zero-order valence-corrected chi connectivity index (χ0v) is 11.0. The summed E-state index contributed by atoms with van der Waals surface area (Å²) in [5, 5.41) is 0. The quantitative estimate of drug-likeness (QED) is 0.691. The smallest absolute Gasteiger partial charge is 0.200 e. The third-order valence-electron chi connectivity index (χ3n) is 3.84. The zero-order valence-electron chi connectivity index (χ0n) is 11.0. The zero-order chi connectivity index (χ0) is 14.4. The number of carbonyl (C=O) groups is 1. The molecule has 0 N–H and O–H groups in total. The van der Waals surface area contributed by atoms with Gasteiger partial charge in [-0.15, -0.1) is 0 Å². The third-order valence-corrected chi connectivity index (χ3v) is 3.84. The normalized spacial score (nSPS) is 15.8. The number of halogens is 1. The van der Waals surface area contributed by atoms with Crippen LogP contribution in [-0.2, 0) is 0 Å². The summed E-state index contributed by atoms with van der Waals surface area (Å²) < 4.78 is 21.2. The van der Waals surface area contributed by atoms with Crippen molar-refractivity contribution >= 4 is 5.78 Å². The number of ketones is 1. The minimum atomic E-state index is -0.378. The van der Waals surface area contributed by atoms with E-state index in [1.807, 2.05) is 10.6 Å². The van der Waals surface area contributed by atoms with Gasteiger partial charge in [0.2, 0.25) is 0 Å². The van der Waals surface area contributed by atoms with Crippen molar-refractivity contribution in [2.24, 2.45) is 0 Å². The lowest BCUT2D eigenvalue weighted by atomic mass is 9.98. The molecule has 1 aromatic carbocycles. The van der Waals surface area contributed by atoms with Gasteiger partial charge in [0.1, 0.15) is 5.82 Å². The molecule has 0 spiro atoms. The van der Waals surface area contributed by atoms with Crippen LogP contribution in [0.25, 0.3) is 11.3 Å². The largest absolute Gasteiger partial charge is 0.461 e. The van der Waals surface area contributed by atoms with Crippen LogP contribution in [0.5, 0.6) is 0 Å². The Morgan fingerprint density at radius 3 is 3.05 bits per heavy atom. The lowest BCUT2D eigenvalue weighted by Gasteiger charge is -2.13. The first-order valence-electron chi connectivity index (χ1n) is 6.63. The van der Waals surface area contributed by atoms with Crippen LogP contribution in [0.1, 0.15) is 28.6 Å². The molecule has 1 unspecified atom stereocenters. The number of aromatic nitrogens is 2. The van der Waals surface area contributed by atoms with E-state index in [9.17, 15) is 9.18 Å². The van der Waals surface area contributed by atoms with Crippen LogP contribution in [0.3, 0.4) is 0 Å². The van der Waals surface area contributed by atoms with Crippen molar-refractivity contribution in [3.63, 3.8) is 0 Å². The first kappa shape index (κ1) is 12.1. The fourth-order valence-electron chi connectivity index (χ4n) is 2.91. The Bertz CT molecular complexity index is 821. The number of rotatable bonds is 3. The molecule has 1 atom stereocenters. The molecule has 1 aliphatic heterocycles. The molecule has 3 heterocycles. The van der Waals surface area contributed by atoms with Crippen LogP contribution in [0.4, 0.5) is 4.39 Å². The van der Waals surface area contributed by atoms with Gasteiger partial charge in [-0.05, 0) is 18.2 Å². The van der Waals surface area contributed by atoms with Crippen molar-refractivity contribution in [3.8, 4) is 11.3 Å². The number of nitrogens with zero attached hydrogens (tertiary/aromatic N) is 2. The summed E-state index contributed by atoms with van der Waals surface area (Å²) in [4.78, 5) is 16.4. The SMILES string of the molecule is O=C(CC1c2c(F)cccc2-c2cncn21)c1ccco1. The van der Waals surface area contributed by atoms with Gasteiger partial charge >= 0.3 is 0 Å². The number of imidazole rings is 1. The van der Waals surface area contributed by atoms with Crippen LogP contribution in [-0.4, -0.2) is 15.3 Å². The first-order chi connectivity index (χ1) is 10.3. The van der Waals surface area contributed by atoms with Gasteiger partial charge < -0.3 is 8.98 Å². The predicted molar refractivity (Wildman–Crippen MR) is 73.4 cm³/mol. The molecule has 21 heavy (non-hydrogen) atoms. The average Bonchev–Trinajstić information content (AvgIpc) is 3.18. The second kappa shape index (κ2) is 4.41. The molecule has 5 heteroatoms. The highest BCUT2D eigenvalue weighted by Gasteiger charge is 2.33. The van der Waals surface area contributed by atoms with Crippen molar-refractivity contribution in [1.82, 2.24) is 9.55 Å². The summed E-state index contributed by atoms with van der Waals surface area (Å²) in [6, 6.07) is 7.85. The summed E-state index contributed by atoms with van der Waals surface area (Å²) in [5.74, 6) is -0.157. The average molecular weight is 282 g/mol. The molecule has 0 saturated carbocycles. The number of carbonyl (C=O) groups excluding carboxylic acids is 1. The Morgan fingerprint density at radius 1 is 1.33 bits per heavy atom. The van der Waals surface area contributed by atoms with E-state index in [1.54, 1.807) is 30.7 Å². The minimum Gasteiger partial charge on any atom is -0.461 e. The van der Waals surface area contributed by atoms with Gasteiger partial charge in [-0.25, -0.2) is 9.37 Å². The van der Waals surface area contributed by atoms with Crippen LogP contribution < -0.4 is 0 Å². The Labute approximate surface area is 119 Å². The Balaban J connectivity index is 1.78. The van der Waals surface area contributed by atoms with Crippen LogP contribution in [0, 0.1) is 5.82 Å². The fraction of sp³-hybridized carbons (Fsp3) is 0.125. The molecule has 4 nitrogen and oxygen atoms in total. The molecule has 0 saturated heterocycles. The second-order valence-electron chi connectivity index (χ2n) is 5.01. The monoisotopic (exact) mass is 282 g/mol. The molecule has 0 radical (unpaired) electrons. The van der Waals surface area contributed by atoms with Gasteiger partial charge in [-0.2, -0.15) is 0 Å². The maximum absolute atomic E-state index is 14.2. The highest BCUT2D eigenvalue weighted by molar-refractivity contribution is 5.94. The molecule has 0 fully saturated rings. The van der Waals surface area contributed by atoms with Crippen LogP contribution in [0.15, 0.2) is 53.5 Å². The topological polar surface area (TPSA) is 48.0 Å². The molecule has 0 amide bonds. The van der Waals surface area contributed by atoms with Crippen LogP contribution in [0.2, 0.25) is 0 Å². The predicted octanol–water partition coefficient (Wildman–Crippen LogP) is 3.46. The van der Waals surface area contributed by atoms with Gasteiger partial charge in [0.25, 0.3) is 0 Å². The number of Topliss-reactive ketones (excluding diaryl/α,β-unsaturated/α-hetero) is 1. The van der Waals surface area contributed by atoms with E-state index in [-0.39, 0.29) is 24.1 Å². The van der Waals surface area contributed by atoms with E-state index in [0.29, 0.717) is 11.3 Å². The number of benzene rings is 1. The number of hydrogen-bond acceptors (Lipinski definition) is 3. The van der Waals surface area contributed by atoms with E-state index in [0.717, 1.165) is 11.3 Å². The van der Waals surface area contributed by atoms with E-state index in [4.69, 9.17) is 4.42 Å². The highest BCUT2D eigenvalue weighted by atomic mass is 19.1. The molecular formula is C16H11FN2O2. The van der Waals surface area contributed by atoms with Crippen molar-refractivity contribution in [1.29, 1.82) is 0 Å². The first-order valence-corrected chi connectivity index (χ1v) is 6.63. The van der Waals surface area contributed by atoms with Crippen LogP contribution >= 0.6 is 0 Å². The molecule has 0 bridgehead atoms. The summed E-state index contributed by atoms with van der Waals surface area (Å²) in [6.45, 7) is 0. The maximum Gasteiger partial charge on any atom is 0.200 e. The van der Waals surface area contributed by atoms with E-state index < -0.39 is 0 Å². The second-order valence-corrected chi connectivity index (χ2v) is 5.01. The van der Waals surface area contributed by atoms with Crippen molar-refractivity contribution in [2.45, 2.75) is 12.5 Å². The van der Waals surface area contributed by atoms with E-state index in [1.165, 1.54) is 12.3 Å². The van der Waals surface area contributed by atoms with Crippen molar-refractivity contribution in [3.05, 3.63) is 66.3 Å². The van der Waals surface area contributed by atoms with Crippen molar-refractivity contribution in [2.75, 3.05) is 0 Å². The molecule has 4 rings (SSSR count). The standard InChI is InChI=1S/C16H11FN2O2/c17-11-4-1-3-10-13-8-18-9-19(13)12(16(10)11)7-14(20)15-5-2-6-21-15/h1-6,8-9,12H,7H2. The molecule has 3 aromatic rings.